The molecule has 2 aromatic rings. The zero-order chi connectivity index (χ0) is 18.3. The van der Waals surface area contributed by atoms with Crippen LogP contribution in [0.1, 0.15) is 12.5 Å². The van der Waals surface area contributed by atoms with E-state index in [1.165, 1.54) is 6.20 Å². The highest BCUT2D eigenvalue weighted by Crippen LogP contribution is 2.29. The molecule has 9 heteroatoms. The van der Waals surface area contributed by atoms with Crippen LogP contribution in [0.5, 0.6) is 0 Å². The number of pyridine rings is 1. The Morgan fingerprint density at radius 3 is 2.42 bits per heavy atom. The smallest absolute Gasteiger partial charge is 0.404 e. The number of nitrogens with zero attached hydrogens (tertiary/aromatic N) is 1. The van der Waals surface area contributed by atoms with Crippen LogP contribution in [0.4, 0.5) is 10.6 Å². The van der Waals surface area contributed by atoms with Gasteiger partial charge in [0.2, 0.25) is 10.0 Å². The van der Waals surface area contributed by atoms with E-state index in [1.807, 2.05) is 25.1 Å². The van der Waals surface area contributed by atoms with E-state index in [9.17, 15) is 13.2 Å². The number of benzene rings is 1. The van der Waals surface area contributed by atoms with Gasteiger partial charge in [0.05, 0.1) is 6.61 Å². The second kappa shape index (κ2) is 8.27. The molecule has 0 radical (unpaired) electrons. The van der Waals surface area contributed by atoms with Crippen molar-refractivity contribution in [2.75, 3.05) is 12.3 Å². The molecule has 6 N–H and O–H groups in total. The molecule has 0 saturated carbocycles. The molecular formula is C15H20N4O4S. The van der Waals surface area contributed by atoms with Crippen molar-refractivity contribution in [3.05, 3.63) is 42.1 Å². The fourth-order valence-corrected chi connectivity index (χ4v) is 2.78. The zero-order valence-electron chi connectivity index (χ0n) is 13.4. The van der Waals surface area contributed by atoms with Crippen LogP contribution in [0, 0.1) is 6.92 Å². The number of hydrogen-bond donors (Lipinski definition) is 3. The van der Waals surface area contributed by atoms with Gasteiger partial charge in [-0.05, 0) is 25.5 Å². The largest absolute Gasteiger partial charge is 0.450 e. The molecule has 0 unspecified atom stereocenters. The number of sulfonamides is 1. The molecule has 2 rings (SSSR count). The van der Waals surface area contributed by atoms with Crippen molar-refractivity contribution in [1.29, 1.82) is 0 Å². The topological polar surface area (TPSA) is 151 Å². The molecule has 0 atom stereocenters. The number of primary amides is 1. The summed E-state index contributed by atoms with van der Waals surface area (Å²) in [4.78, 5) is 13.2. The molecule has 0 aliphatic heterocycles. The van der Waals surface area contributed by atoms with Crippen LogP contribution >= 0.6 is 0 Å². The van der Waals surface area contributed by atoms with E-state index >= 15 is 0 Å². The summed E-state index contributed by atoms with van der Waals surface area (Å²) >= 11 is 0. The maximum atomic E-state index is 11.6. The van der Waals surface area contributed by atoms with E-state index in [1.54, 1.807) is 19.1 Å². The lowest BCUT2D eigenvalue weighted by molar-refractivity contribution is 0.163. The second-order valence-electron chi connectivity index (χ2n) is 4.74. The maximum Gasteiger partial charge on any atom is 0.404 e. The third-order valence-electron chi connectivity index (χ3n) is 2.83. The molecular weight excluding hydrogens is 332 g/mol. The quantitative estimate of drug-likeness (QED) is 0.759. The van der Waals surface area contributed by atoms with Gasteiger partial charge in [0.15, 0.2) is 0 Å². The number of rotatable bonds is 3. The normalized spacial score (nSPS) is 10.5. The Morgan fingerprint density at radius 2 is 1.96 bits per heavy atom. The molecule has 130 valence electrons. The third-order valence-corrected chi connectivity index (χ3v) is 3.83. The van der Waals surface area contributed by atoms with E-state index in [-0.39, 0.29) is 10.7 Å². The van der Waals surface area contributed by atoms with Crippen molar-refractivity contribution in [1.82, 2.24) is 4.98 Å². The minimum atomic E-state index is -3.91. The Labute approximate surface area is 140 Å². The molecule has 1 amide bonds. The lowest BCUT2D eigenvalue weighted by Gasteiger charge is -2.10. The standard InChI is InChI=1S/C12H13N3O2S.C3H7NO2/c1-8-3-2-4-9(7-8)10-5-6-15-12(13)11(10)18(14,16)17;1-2-6-3(4)5/h2-7H,1H3,(H2,13,15)(H2,14,16,17);2H2,1H3,(H2,4,5). The number of carbonyl (C=O) groups excluding carboxylic acids is 1. The first kappa shape index (κ1) is 19.4. The summed E-state index contributed by atoms with van der Waals surface area (Å²) in [5.41, 5.74) is 12.4. The summed E-state index contributed by atoms with van der Waals surface area (Å²) in [5.74, 6) is -0.0866. The van der Waals surface area contributed by atoms with Crippen molar-refractivity contribution >= 4 is 21.9 Å². The maximum absolute atomic E-state index is 11.6. The molecule has 1 aromatic heterocycles. The van der Waals surface area contributed by atoms with Gasteiger partial charge in [-0.1, -0.05) is 29.8 Å². The van der Waals surface area contributed by atoms with Crippen LogP contribution in [0.25, 0.3) is 11.1 Å². The first-order valence-electron chi connectivity index (χ1n) is 6.93. The Morgan fingerprint density at radius 1 is 1.29 bits per heavy atom. The van der Waals surface area contributed by atoms with E-state index in [2.05, 4.69) is 15.5 Å². The van der Waals surface area contributed by atoms with E-state index in [0.717, 1.165) is 11.1 Å². The average Bonchev–Trinajstić information content (AvgIpc) is 2.46. The van der Waals surface area contributed by atoms with Crippen LogP contribution in [0.3, 0.4) is 0 Å². The number of amides is 1. The number of hydrogen-bond acceptors (Lipinski definition) is 6. The van der Waals surface area contributed by atoms with Crippen molar-refractivity contribution < 1.29 is 17.9 Å². The summed E-state index contributed by atoms with van der Waals surface area (Å²) in [6.45, 7) is 3.98. The van der Waals surface area contributed by atoms with Gasteiger partial charge in [-0.3, -0.25) is 0 Å². The lowest BCUT2D eigenvalue weighted by Crippen LogP contribution is -2.16. The van der Waals surface area contributed by atoms with Crippen molar-refractivity contribution in [3.63, 3.8) is 0 Å². The molecule has 0 saturated heterocycles. The van der Waals surface area contributed by atoms with Crippen LogP contribution < -0.4 is 16.6 Å². The summed E-state index contributed by atoms with van der Waals surface area (Å²) in [5, 5.41) is 5.19. The summed E-state index contributed by atoms with van der Waals surface area (Å²) in [7, 11) is -3.91. The average molecular weight is 352 g/mol. The number of carbonyl (C=O) groups is 1. The molecule has 1 heterocycles. The Kier molecular flexibility index (Phi) is 6.69. The second-order valence-corrected chi connectivity index (χ2v) is 6.24. The number of aryl methyl sites for hydroxylation is 1. The van der Waals surface area contributed by atoms with Gasteiger partial charge in [0.1, 0.15) is 10.7 Å². The predicted octanol–water partition coefficient (Wildman–Crippen LogP) is 1.39. The highest BCUT2D eigenvalue weighted by molar-refractivity contribution is 7.89. The van der Waals surface area contributed by atoms with Crippen LogP contribution in [-0.2, 0) is 14.8 Å². The Hall–Kier alpha value is -2.65. The number of nitrogen functional groups attached to an aromatic ring is 1. The molecule has 0 spiro atoms. The molecule has 0 aliphatic rings. The lowest BCUT2D eigenvalue weighted by atomic mass is 10.0. The van der Waals surface area contributed by atoms with E-state index in [0.29, 0.717) is 12.2 Å². The first-order chi connectivity index (χ1) is 11.2. The van der Waals surface area contributed by atoms with Crippen molar-refractivity contribution in [2.24, 2.45) is 10.9 Å². The van der Waals surface area contributed by atoms with Gasteiger partial charge in [-0.15, -0.1) is 0 Å². The number of aromatic nitrogens is 1. The van der Waals surface area contributed by atoms with E-state index in [4.69, 9.17) is 10.9 Å². The van der Waals surface area contributed by atoms with Crippen molar-refractivity contribution in [3.8, 4) is 11.1 Å². The zero-order valence-corrected chi connectivity index (χ0v) is 14.2. The minimum absolute atomic E-state index is 0.0866. The third kappa shape index (κ3) is 5.52. The van der Waals surface area contributed by atoms with Crippen LogP contribution in [0.2, 0.25) is 0 Å². The van der Waals surface area contributed by atoms with Crippen molar-refractivity contribution in [2.45, 2.75) is 18.7 Å². The number of ether oxygens (including phenoxy) is 1. The molecule has 1 aromatic carbocycles. The van der Waals surface area contributed by atoms with Gasteiger partial charge in [-0.2, -0.15) is 0 Å². The molecule has 8 nitrogen and oxygen atoms in total. The van der Waals surface area contributed by atoms with Gasteiger partial charge in [-0.25, -0.2) is 23.3 Å². The summed E-state index contributed by atoms with van der Waals surface area (Å²) in [6.07, 6.45) is 0.749. The Bertz CT molecular complexity index is 822. The van der Waals surface area contributed by atoms with Crippen LogP contribution in [0.15, 0.2) is 41.4 Å². The summed E-state index contributed by atoms with van der Waals surface area (Å²) in [6, 6.07) is 9.02. The van der Waals surface area contributed by atoms with Gasteiger partial charge >= 0.3 is 6.09 Å². The highest BCUT2D eigenvalue weighted by atomic mass is 32.2. The Balaban J connectivity index is 0.000000413. The van der Waals surface area contributed by atoms with Crippen LogP contribution in [-0.4, -0.2) is 26.1 Å². The van der Waals surface area contributed by atoms with Gasteiger partial charge in [0, 0.05) is 11.8 Å². The fraction of sp³-hybridized carbons (Fsp3) is 0.200. The monoisotopic (exact) mass is 352 g/mol. The number of primary sulfonamides is 1. The number of anilines is 1. The SMILES string of the molecule is CCOC(N)=O.Cc1cccc(-c2ccnc(N)c2S(N)(=O)=O)c1. The first-order valence-corrected chi connectivity index (χ1v) is 8.48. The molecule has 0 fully saturated rings. The van der Waals surface area contributed by atoms with Gasteiger partial charge < -0.3 is 16.2 Å². The predicted molar refractivity (Wildman–Crippen MR) is 91.4 cm³/mol. The van der Waals surface area contributed by atoms with Gasteiger partial charge in [0.25, 0.3) is 0 Å². The molecule has 24 heavy (non-hydrogen) atoms. The molecule has 0 aliphatic carbocycles. The summed E-state index contributed by atoms with van der Waals surface area (Å²) < 4.78 is 27.4. The highest BCUT2D eigenvalue weighted by Gasteiger charge is 2.19. The fourth-order valence-electron chi connectivity index (χ4n) is 1.95. The molecule has 0 bridgehead atoms. The minimum Gasteiger partial charge on any atom is -0.450 e. The van der Waals surface area contributed by atoms with E-state index < -0.39 is 16.1 Å². The number of nitrogens with two attached hydrogens (primary N) is 3.